The van der Waals surface area contributed by atoms with Crippen LogP contribution in [0.2, 0.25) is 0 Å². The van der Waals surface area contributed by atoms with Crippen LogP contribution in [0.5, 0.6) is 0 Å². The van der Waals surface area contributed by atoms with Gasteiger partial charge in [-0.3, -0.25) is 14.4 Å². The smallest absolute Gasteiger partial charge is 0.352 e. The standard InChI is InChI=1S/C21H23F3N4O3S/c22-21(23,24)14-4-3-7-16(12-14)28(13-18(30)26-15-5-1-2-6-15)19(31)9-8-17(29)27-20-25-10-11-32-20/h3-4,7,10-12,15H,1-2,5-6,8-9,13H2,(H,26,30)(H,25,27,29). The van der Waals surface area contributed by atoms with Crippen LogP contribution in [0, 0.1) is 0 Å². The molecular weight excluding hydrogens is 445 g/mol. The predicted octanol–water partition coefficient (Wildman–Crippen LogP) is 3.97. The van der Waals surface area contributed by atoms with Crippen molar-refractivity contribution in [3.05, 3.63) is 41.4 Å². The van der Waals surface area contributed by atoms with Crippen LogP contribution in [-0.2, 0) is 20.6 Å². The summed E-state index contributed by atoms with van der Waals surface area (Å²) in [6.07, 6.45) is 0.113. The van der Waals surface area contributed by atoms with Crippen molar-refractivity contribution in [1.29, 1.82) is 0 Å². The highest BCUT2D eigenvalue weighted by Gasteiger charge is 2.32. The van der Waals surface area contributed by atoms with E-state index >= 15 is 0 Å². The zero-order chi connectivity index (χ0) is 23.1. The minimum atomic E-state index is -4.59. The Labute approximate surface area is 187 Å². The number of hydrogen-bond acceptors (Lipinski definition) is 5. The number of amides is 3. The zero-order valence-electron chi connectivity index (χ0n) is 17.2. The van der Waals surface area contributed by atoms with E-state index in [-0.39, 0.29) is 24.6 Å². The predicted molar refractivity (Wildman–Crippen MR) is 114 cm³/mol. The number of benzene rings is 1. The van der Waals surface area contributed by atoms with E-state index in [4.69, 9.17) is 0 Å². The molecule has 1 heterocycles. The van der Waals surface area contributed by atoms with E-state index in [9.17, 15) is 27.6 Å². The third-order valence-corrected chi connectivity index (χ3v) is 5.74. The zero-order valence-corrected chi connectivity index (χ0v) is 18.0. The normalized spacial score (nSPS) is 14.2. The van der Waals surface area contributed by atoms with Crippen molar-refractivity contribution in [3.63, 3.8) is 0 Å². The van der Waals surface area contributed by atoms with Gasteiger partial charge in [-0.05, 0) is 31.0 Å². The first-order valence-electron chi connectivity index (χ1n) is 10.2. The Hall–Kier alpha value is -2.95. The van der Waals surface area contributed by atoms with Crippen LogP contribution >= 0.6 is 11.3 Å². The molecule has 1 aromatic heterocycles. The number of nitrogens with one attached hydrogen (secondary N) is 2. The minimum absolute atomic E-state index is 0.00466. The van der Waals surface area contributed by atoms with E-state index in [2.05, 4.69) is 15.6 Å². The maximum absolute atomic E-state index is 13.2. The number of nitrogens with zero attached hydrogens (tertiary/aromatic N) is 2. The Bertz CT molecular complexity index is 944. The highest BCUT2D eigenvalue weighted by molar-refractivity contribution is 7.13. The molecule has 1 aromatic carbocycles. The molecule has 0 spiro atoms. The Morgan fingerprint density at radius 3 is 2.53 bits per heavy atom. The van der Waals surface area contributed by atoms with E-state index in [1.165, 1.54) is 29.7 Å². The van der Waals surface area contributed by atoms with Gasteiger partial charge in [-0.1, -0.05) is 18.9 Å². The molecule has 0 atom stereocenters. The molecule has 2 N–H and O–H groups in total. The van der Waals surface area contributed by atoms with Gasteiger partial charge in [-0.2, -0.15) is 13.2 Å². The van der Waals surface area contributed by atoms with Crippen LogP contribution < -0.4 is 15.5 Å². The number of halogens is 3. The molecule has 1 fully saturated rings. The van der Waals surface area contributed by atoms with E-state index in [0.29, 0.717) is 5.13 Å². The molecule has 1 aliphatic rings. The van der Waals surface area contributed by atoms with Crippen molar-refractivity contribution >= 4 is 39.9 Å². The average Bonchev–Trinajstić information content (AvgIpc) is 3.44. The van der Waals surface area contributed by atoms with Crippen LogP contribution in [0.3, 0.4) is 0 Å². The number of anilines is 2. The van der Waals surface area contributed by atoms with Gasteiger partial charge in [0.1, 0.15) is 6.54 Å². The van der Waals surface area contributed by atoms with Crippen molar-refractivity contribution in [2.45, 2.75) is 50.7 Å². The lowest BCUT2D eigenvalue weighted by Gasteiger charge is -2.24. The van der Waals surface area contributed by atoms with E-state index in [0.717, 1.165) is 42.7 Å². The van der Waals surface area contributed by atoms with Crippen LogP contribution in [0.25, 0.3) is 0 Å². The molecule has 1 aliphatic carbocycles. The van der Waals surface area contributed by atoms with E-state index in [1.807, 2.05) is 0 Å². The summed E-state index contributed by atoms with van der Waals surface area (Å²) in [5.74, 6) is -1.53. The van der Waals surface area contributed by atoms with E-state index in [1.54, 1.807) is 5.38 Å². The number of aromatic nitrogens is 1. The Morgan fingerprint density at radius 1 is 1.12 bits per heavy atom. The molecule has 0 radical (unpaired) electrons. The number of alkyl halides is 3. The molecule has 7 nitrogen and oxygen atoms in total. The summed E-state index contributed by atoms with van der Waals surface area (Å²) >= 11 is 1.22. The first kappa shape index (κ1) is 23.7. The summed E-state index contributed by atoms with van der Waals surface area (Å²) in [6.45, 7) is -0.426. The van der Waals surface area contributed by atoms with Crippen LogP contribution in [-0.4, -0.2) is 35.3 Å². The minimum Gasteiger partial charge on any atom is -0.352 e. The average molecular weight is 469 g/mol. The van der Waals surface area contributed by atoms with Crippen LogP contribution in [0.4, 0.5) is 24.0 Å². The summed E-state index contributed by atoms with van der Waals surface area (Å²) in [4.78, 5) is 42.3. The number of hydrogen-bond donors (Lipinski definition) is 2. The van der Waals surface area contributed by atoms with Crippen molar-refractivity contribution < 1.29 is 27.6 Å². The SMILES string of the molecule is O=C(CCC(=O)N(CC(=O)NC1CCCC1)c1cccc(C(F)(F)F)c1)Nc1nccs1. The van der Waals surface area contributed by atoms with Crippen LogP contribution in [0.1, 0.15) is 44.1 Å². The summed E-state index contributed by atoms with van der Waals surface area (Å²) in [5.41, 5.74) is -0.975. The summed E-state index contributed by atoms with van der Waals surface area (Å²) < 4.78 is 39.5. The maximum atomic E-state index is 13.2. The lowest BCUT2D eigenvalue weighted by atomic mass is 10.1. The van der Waals surface area contributed by atoms with Crippen molar-refractivity contribution in [2.75, 3.05) is 16.8 Å². The van der Waals surface area contributed by atoms with Gasteiger partial charge in [0.25, 0.3) is 0 Å². The van der Waals surface area contributed by atoms with Gasteiger partial charge in [0.2, 0.25) is 17.7 Å². The molecule has 3 rings (SSSR count). The van der Waals surface area contributed by atoms with Crippen molar-refractivity contribution in [1.82, 2.24) is 10.3 Å². The maximum Gasteiger partial charge on any atom is 0.416 e. The molecular formula is C21H23F3N4O3S. The molecule has 0 aliphatic heterocycles. The van der Waals surface area contributed by atoms with Gasteiger partial charge in [-0.15, -0.1) is 11.3 Å². The molecule has 3 amide bonds. The fourth-order valence-corrected chi connectivity index (χ4v) is 4.03. The topological polar surface area (TPSA) is 91.4 Å². The fraction of sp³-hybridized carbons (Fsp3) is 0.429. The summed E-state index contributed by atoms with van der Waals surface area (Å²) in [6, 6.07) is 4.25. The molecule has 172 valence electrons. The second-order valence-electron chi connectivity index (χ2n) is 7.46. The molecule has 1 saturated carbocycles. The number of carbonyl (C=O) groups is 3. The molecule has 2 aromatic rings. The molecule has 11 heteroatoms. The highest BCUT2D eigenvalue weighted by atomic mass is 32.1. The van der Waals surface area contributed by atoms with E-state index < -0.39 is 36.0 Å². The molecule has 0 saturated heterocycles. The highest BCUT2D eigenvalue weighted by Crippen LogP contribution is 2.32. The summed E-state index contributed by atoms with van der Waals surface area (Å²) in [7, 11) is 0. The van der Waals surface area contributed by atoms with Crippen LogP contribution in [0.15, 0.2) is 35.8 Å². The van der Waals surface area contributed by atoms with Gasteiger partial charge >= 0.3 is 6.18 Å². The summed E-state index contributed by atoms with van der Waals surface area (Å²) in [5, 5.41) is 7.44. The lowest BCUT2D eigenvalue weighted by molar-refractivity contribution is -0.137. The molecule has 0 unspecified atom stereocenters. The Balaban J connectivity index is 1.71. The van der Waals surface area contributed by atoms with Crippen molar-refractivity contribution in [2.24, 2.45) is 0 Å². The lowest BCUT2D eigenvalue weighted by Crippen LogP contribution is -2.44. The second-order valence-corrected chi connectivity index (χ2v) is 8.36. The largest absolute Gasteiger partial charge is 0.416 e. The van der Waals surface area contributed by atoms with Gasteiger partial charge in [0, 0.05) is 36.1 Å². The molecule has 32 heavy (non-hydrogen) atoms. The first-order chi connectivity index (χ1) is 15.2. The first-order valence-corrected chi connectivity index (χ1v) is 11.1. The third kappa shape index (κ3) is 6.78. The Morgan fingerprint density at radius 2 is 1.88 bits per heavy atom. The second kappa shape index (κ2) is 10.6. The Kier molecular flexibility index (Phi) is 7.84. The van der Waals surface area contributed by atoms with Gasteiger partial charge in [-0.25, -0.2) is 4.98 Å². The van der Waals surface area contributed by atoms with Gasteiger partial charge in [0.05, 0.1) is 5.56 Å². The number of carbonyl (C=O) groups excluding carboxylic acids is 3. The monoisotopic (exact) mass is 468 g/mol. The molecule has 0 bridgehead atoms. The van der Waals surface area contributed by atoms with Crippen molar-refractivity contribution in [3.8, 4) is 0 Å². The number of thiazole rings is 1. The fourth-order valence-electron chi connectivity index (χ4n) is 3.48. The van der Waals surface area contributed by atoms with Gasteiger partial charge < -0.3 is 15.5 Å². The van der Waals surface area contributed by atoms with Gasteiger partial charge in [0.15, 0.2) is 5.13 Å². The quantitative estimate of drug-likeness (QED) is 0.613. The third-order valence-electron chi connectivity index (χ3n) is 5.05. The number of rotatable bonds is 8.